The summed E-state index contributed by atoms with van der Waals surface area (Å²) in [5.74, 6) is 0. The van der Waals surface area contributed by atoms with E-state index in [0.717, 1.165) is 43.6 Å². The Labute approximate surface area is 103 Å². The average molecular weight is 234 g/mol. The predicted molar refractivity (Wildman–Crippen MR) is 72.3 cm³/mol. The van der Waals surface area contributed by atoms with Crippen molar-refractivity contribution in [3.63, 3.8) is 0 Å². The lowest BCUT2D eigenvalue weighted by molar-refractivity contribution is 0.0481. The highest BCUT2D eigenvalue weighted by molar-refractivity contribution is 5.64. The molecule has 1 atom stereocenters. The molecular formula is C14H22N2O. The van der Waals surface area contributed by atoms with Crippen LogP contribution in [0.4, 0.5) is 11.4 Å². The molecule has 17 heavy (non-hydrogen) atoms. The quantitative estimate of drug-likeness (QED) is 0.733. The van der Waals surface area contributed by atoms with Gasteiger partial charge in [-0.3, -0.25) is 0 Å². The fourth-order valence-electron chi connectivity index (χ4n) is 2.49. The van der Waals surface area contributed by atoms with Gasteiger partial charge in [0.05, 0.1) is 5.60 Å². The summed E-state index contributed by atoms with van der Waals surface area (Å²) in [6.45, 7) is 5.90. The standard InChI is InChI=1S/C14H22N2O/c1-11-12(15)5-3-6-13(11)16-9-4-7-14(2,17)8-10-16/h3,5-6,17H,4,7-10,15H2,1-2H3. The molecule has 0 saturated carbocycles. The minimum absolute atomic E-state index is 0.511. The van der Waals surface area contributed by atoms with Gasteiger partial charge in [0, 0.05) is 24.5 Å². The van der Waals surface area contributed by atoms with E-state index in [1.165, 1.54) is 5.69 Å². The second-order valence-corrected chi connectivity index (χ2v) is 5.33. The van der Waals surface area contributed by atoms with E-state index >= 15 is 0 Å². The third kappa shape index (κ3) is 2.72. The monoisotopic (exact) mass is 234 g/mol. The molecule has 0 radical (unpaired) electrons. The molecule has 0 aliphatic carbocycles. The molecule has 1 aliphatic heterocycles. The lowest BCUT2D eigenvalue weighted by atomic mass is 9.98. The largest absolute Gasteiger partial charge is 0.398 e. The SMILES string of the molecule is Cc1c(N)cccc1N1CCCC(C)(O)CC1. The first-order valence-electron chi connectivity index (χ1n) is 6.32. The van der Waals surface area contributed by atoms with Crippen LogP contribution in [-0.4, -0.2) is 23.8 Å². The molecule has 0 spiro atoms. The van der Waals surface area contributed by atoms with Crippen molar-refractivity contribution in [2.24, 2.45) is 0 Å². The zero-order valence-electron chi connectivity index (χ0n) is 10.7. The smallest absolute Gasteiger partial charge is 0.0637 e. The summed E-state index contributed by atoms with van der Waals surface area (Å²) >= 11 is 0. The highest BCUT2D eigenvalue weighted by Gasteiger charge is 2.25. The number of benzene rings is 1. The summed E-state index contributed by atoms with van der Waals surface area (Å²) in [6, 6.07) is 6.05. The molecule has 0 aromatic heterocycles. The van der Waals surface area contributed by atoms with Crippen LogP contribution in [0.15, 0.2) is 18.2 Å². The van der Waals surface area contributed by atoms with Crippen LogP contribution < -0.4 is 10.6 Å². The summed E-state index contributed by atoms with van der Waals surface area (Å²) in [4.78, 5) is 2.34. The molecule has 1 fully saturated rings. The number of rotatable bonds is 1. The first kappa shape index (κ1) is 12.2. The number of nitrogens with zero attached hydrogens (tertiary/aromatic N) is 1. The summed E-state index contributed by atoms with van der Waals surface area (Å²) in [7, 11) is 0. The Morgan fingerprint density at radius 2 is 2.06 bits per heavy atom. The van der Waals surface area contributed by atoms with E-state index in [9.17, 15) is 5.11 Å². The molecule has 1 aromatic rings. The van der Waals surface area contributed by atoms with Crippen molar-refractivity contribution in [1.29, 1.82) is 0 Å². The van der Waals surface area contributed by atoms with Gasteiger partial charge in [0.1, 0.15) is 0 Å². The van der Waals surface area contributed by atoms with E-state index in [2.05, 4.69) is 17.9 Å². The normalized spacial score (nSPS) is 25.7. The van der Waals surface area contributed by atoms with Crippen molar-refractivity contribution in [2.75, 3.05) is 23.7 Å². The van der Waals surface area contributed by atoms with Gasteiger partial charge in [0.15, 0.2) is 0 Å². The number of aliphatic hydroxyl groups is 1. The van der Waals surface area contributed by atoms with Crippen molar-refractivity contribution < 1.29 is 5.11 Å². The van der Waals surface area contributed by atoms with Gasteiger partial charge in [-0.1, -0.05) is 6.07 Å². The van der Waals surface area contributed by atoms with Crippen LogP contribution in [0.1, 0.15) is 31.7 Å². The van der Waals surface area contributed by atoms with Gasteiger partial charge in [-0.05, 0) is 50.8 Å². The van der Waals surface area contributed by atoms with Crippen LogP contribution in [0.3, 0.4) is 0 Å². The summed E-state index contributed by atoms with van der Waals surface area (Å²) < 4.78 is 0. The molecule has 3 N–H and O–H groups in total. The van der Waals surface area contributed by atoms with E-state index in [1.54, 1.807) is 0 Å². The van der Waals surface area contributed by atoms with E-state index in [4.69, 9.17) is 5.73 Å². The Balaban J connectivity index is 2.20. The first-order chi connectivity index (χ1) is 7.99. The zero-order valence-corrected chi connectivity index (χ0v) is 10.7. The molecule has 2 rings (SSSR count). The molecule has 1 aromatic carbocycles. The minimum Gasteiger partial charge on any atom is -0.398 e. The van der Waals surface area contributed by atoms with Gasteiger partial charge in [-0.25, -0.2) is 0 Å². The highest BCUT2D eigenvalue weighted by atomic mass is 16.3. The molecule has 0 bridgehead atoms. The van der Waals surface area contributed by atoms with E-state index in [-0.39, 0.29) is 0 Å². The van der Waals surface area contributed by atoms with Crippen molar-refractivity contribution in [2.45, 2.75) is 38.7 Å². The van der Waals surface area contributed by atoms with E-state index in [1.807, 2.05) is 19.1 Å². The summed E-state index contributed by atoms with van der Waals surface area (Å²) in [5, 5.41) is 10.1. The molecule has 3 heteroatoms. The highest BCUT2D eigenvalue weighted by Crippen LogP contribution is 2.29. The van der Waals surface area contributed by atoms with Gasteiger partial charge in [-0.2, -0.15) is 0 Å². The lowest BCUT2D eigenvalue weighted by Gasteiger charge is -2.26. The van der Waals surface area contributed by atoms with Crippen LogP contribution >= 0.6 is 0 Å². The van der Waals surface area contributed by atoms with Crippen LogP contribution in [0, 0.1) is 6.92 Å². The average Bonchev–Trinajstić information content (AvgIpc) is 2.44. The zero-order chi connectivity index (χ0) is 12.5. The van der Waals surface area contributed by atoms with Gasteiger partial charge < -0.3 is 15.7 Å². The Hall–Kier alpha value is -1.22. The number of nitrogens with two attached hydrogens (primary N) is 1. The van der Waals surface area contributed by atoms with Crippen molar-refractivity contribution in [3.05, 3.63) is 23.8 Å². The fourth-order valence-corrected chi connectivity index (χ4v) is 2.49. The van der Waals surface area contributed by atoms with Crippen LogP contribution in [0.5, 0.6) is 0 Å². The molecule has 1 saturated heterocycles. The minimum atomic E-state index is -0.511. The molecular weight excluding hydrogens is 212 g/mol. The van der Waals surface area contributed by atoms with Gasteiger partial charge in [-0.15, -0.1) is 0 Å². The maximum atomic E-state index is 10.1. The summed E-state index contributed by atoms with van der Waals surface area (Å²) in [5.41, 5.74) is 8.64. The molecule has 1 aliphatic rings. The van der Waals surface area contributed by atoms with Gasteiger partial charge in [0.25, 0.3) is 0 Å². The predicted octanol–water partition coefficient (Wildman–Crippen LogP) is 2.32. The molecule has 0 amide bonds. The number of nitrogen functional groups attached to an aromatic ring is 1. The summed E-state index contributed by atoms with van der Waals surface area (Å²) in [6.07, 6.45) is 2.73. The molecule has 1 heterocycles. The van der Waals surface area contributed by atoms with Crippen molar-refractivity contribution in [3.8, 4) is 0 Å². The molecule has 1 unspecified atom stereocenters. The van der Waals surface area contributed by atoms with Crippen LogP contribution in [0.25, 0.3) is 0 Å². The number of anilines is 2. The molecule has 94 valence electrons. The van der Waals surface area contributed by atoms with Crippen molar-refractivity contribution >= 4 is 11.4 Å². The molecule has 3 nitrogen and oxygen atoms in total. The Morgan fingerprint density at radius 3 is 2.82 bits per heavy atom. The van der Waals surface area contributed by atoms with E-state index in [0.29, 0.717) is 0 Å². The third-order valence-corrected chi connectivity index (χ3v) is 3.75. The Morgan fingerprint density at radius 1 is 1.29 bits per heavy atom. The Kier molecular flexibility index (Phi) is 3.29. The van der Waals surface area contributed by atoms with Crippen molar-refractivity contribution in [1.82, 2.24) is 0 Å². The number of hydrogen-bond acceptors (Lipinski definition) is 3. The number of hydrogen-bond donors (Lipinski definition) is 2. The maximum absolute atomic E-state index is 10.1. The lowest BCUT2D eigenvalue weighted by Crippen LogP contribution is -2.28. The second kappa shape index (κ2) is 4.57. The van der Waals surface area contributed by atoms with Gasteiger partial charge >= 0.3 is 0 Å². The first-order valence-corrected chi connectivity index (χ1v) is 6.32. The topological polar surface area (TPSA) is 49.5 Å². The Bertz CT molecular complexity index is 401. The maximum Gasteiger partial charge on any atom is 0.0637 e. The van der Waals surface area contributed by atoms with E-state index < -0.39 is 5.60 Å². The van der Waals surface area contributed by atoms with Crippen LogP contribution in [-0.2, 0) is 0 Å². The van der Waals surface area contributed by atoms with Crippen LogP contribution in [0.2, 0.25) is 0 Å². The second-order valence-electron chi connectivity index (χ2n) is 5.33. The fraction of sp³-hybridized carbons (Fsp3) is 0.571. The van der Waals surface area contributed by atoms with Gasteiger partial charge in [0.2, 0.25) is 0 Å². The third-order valence-electron chi connectivity index (χ3n) is 3.75.